The second-order valence-electron chi connectivity index (χ2n) is 15.0. The van der Waals surface area contributed by atoms with E-state index in [0.717, 1.165) is 32.1 Å². The molecule has 2 saturated heterocycles. The van der Waals surface area contributed by atoms with Crippen LogP contribution in [-0.4, -0.2) is 50.5 Å². The molecule has 202 valence electrons. The van der Waals surface area contributed by atoms with E-state index in [1.54, 1.807) is 0 Å². The molecule has 0 aromatic heterocycles. The van der Waals surface area contributed by atoms with Crippen LogP contribution in [0.3, 0.4) is 0 Å². The summed E-state index contributed by atoms with van der Waals surface area (Å²) in [5.74, 6) is -2.09. The highest BCUT2D eigenvalue weighted by Gasteiger charge is 2.77. The molecule has 0 radical (unpaired) electrons. The van der Waals surface area contributed by atoms with Crippen LogP contribution in [0.5, 0.6) is 0 Å². The lowest BCUT2D eigenvalue weighted by atomic mass is 9.32. The molecule has 0 amide bonds. The Morgan fingerprint density at radius 1 is 1.00 bits per heavy atom. The number of carbonyl (C=O) groups is 1. The molecule has 7 aliphatic rings. The molecule has 2 bridgehead atoms. The Bertz CT molecular complexity index is 1030. The van der Waals surface area contributed by atoms with Crippen LogP contribution in [0.4, 0.5) is 0 Å². The SMILES string of the molecule is C[C@H]1CC[C@]2(C(=O)O)CC[C@@]3(C)C(=CC[C@@H]4[C@@]56COC(O)([C@H](O)C5)C(C)(C)C6CC[C@]43C)C2[C@]1(C)O. The smallest absolute Gasteiger partial charge is 0.310 e. The standard InChI is InChI=1S/C30H46O6/c1-17-9-12-28(23(32)33)14-13-25(4)18(22(28)27(17,6)34)7-8-20-26(25,5)11-10-19-24(2,3)30(35)21(31)15-29(19,20)16-36-30/h7,17,19-22,31,34-35H,8-16H2,1-6H3,(H,32,33)/t17-,19?,20-,21+,22?,25-,26+,27+,28-,29+,30?/m0/s1. The van der Waals surface area contributed by atoms with Gasteiger partial charge in [0.05, 0.1) is 17.6 Å². The van der Waals surface area contributed by atoms with Gasteiger partial charge in [-0.15, -0.1) is 0 Å². The van der Waals surface area contributed by atoms with Crippen LogP contribution in [0.15, 0.2) is 11.6 Å². The molecule has 3 unspecified atom stereocenters. The van der Waals surface area contributed by atoms with Gasteiger partial charge in [0.15, 0.2) is 5.79 Å². The summed E-state index contributed by atoms with van der Waals surface area (Å²) in [4.78, 5) is 12.9. The Labute approximate surface area is 215 Å². The number of aliphatic hydroxyl groups excluding tert-OH is 1. The van der Waals surface area contributed by atoms with Crippen molar-refractivity contribution in [2.45, 2.75) is 110 Å². The number of fused-ring (bicyclic) bond motifs is 7. The fourth-order valence-corrected chi connectivity index (χ4v) is 11.4. The summed E-state index contributed by atoms with van der Waals surface area (Å²) in [6.45, 7) is 13.3. The lowest BCUT2D eigenvalue weighted by molar-refractivity contribution is -0.426. The van der Waals surface area contributed by atoms with Crippen LogP contribution in [0, 0.1) is 50.7 Å². The summed E-state index contributed by atoms with van der Waals surface area (Å²) in [6.07, 6.45) is 7.46. The fraction of sp³-hybridized carbons (Fsp3) is 0.900. The zero-order chi connectivity index (χ0) is 26.3. The Kier molecular flexibility index (Phi) is 4.90. The minimum Gasteiger partial charge on any atom is -0.481 e. The Morgan fingerprint density at radius 3 is 2.33 bits per heavy atom. The van der Waals surface area contributed by atoms with Gasteiger partial charge < -0.3 is 25.2 Å². The van der Waals surface area contributed by atoms with Crippen molar-refractivity contribution in [3.63, 3.8) is 0 Å². The van der Waals surface area contributed by atoms with Crippen molar-refractivity contribution in [1.82, 2.24) is 0 Å². The van der Waals surface area contributed by atoms with E-state index in [1.807, 2.05) is 6.92 Å². The maximum Gasteiger partial charge on any atom is 0.310 e. The average Bonchev–Trinajstić information content (AvgIpc) is 2.78. The molecule has 36 heavy (non-hydrogen) atoms. The normalized spacial score (nSPS) is 59.1. The third-order valence-electron chi connectivity index (χ3n) is 13.9. The van der Waals surface area contributed by atoms with Crippen molar-refractivity contribution in [1.29, 1.82) is 0 Å². The predicted octanol–water partition coefficient (Wildman–Crippen LogP) is 4.51. The predicted molar refractivity (Wildman–Crippen MR) is 135 cm³/mol. The van der Waals surface area contributed by atoms with Crippen molar-refractivity contribution in [3.05, 3.63) is 11.6 Å². The van der Waals surface area contributed by atoms with Crippen LogP contribution < -0.4 is 0 Å². The lowest BCUT2D eigenvalue weighted by Crippen LogP contribution is -2.77. The molecule has 6 fully saturated rings. The monoisotopic (exact) mass is 502 g/mol. The largest absolute Gasteiger partial charge is 0.481 e. The van der Waals surface area contributed by atoms with Gasteiger partial charge in [-0.3, -0.25) is 4.79 Å². The molecular formula is C30H46O6. The zero-order valence-corrected chi connectivity index (χ0v) is 22.9. The van der Waals surface area contributed by atoms with Gasteiger partial charge in [0.1, 0.15) is 6.10 Å². The third-order valence-corrected chi connectivity index (χ3v) is 13.9. The van der Waals surface area contributed by atoms with E-state index in [0.29, 0.717) is 25.9 Å². The zero-order valence-electron chi connectivity index (χ0n) is 22.9. The minimum absolute atomic E-state index is 0.0387. The maximum atomic E-state index is 12.9. The van der Waals surface area contributed by atoms with Crippen LogP contribution in [0.1, 0.15) is 92.9 Å². The summed E-state index contributed by atoms with van der Waals surface area (Å²) in [7, 11) is 0. The van der Waals surface area contributed by atoms with Gasteiger partial charge in [0, 0.05) is 16.7 Å². The number of rotatable bonds is 1. The molecule has 6 nitrogen and oxygen atoms in total. The number of aliphatic hydroxyl groups is 3. The number of carboxylic acids is 1. The number of ether oxygens (including phenoxy) is 1. The Morgan fingerprint density at radius 2 is 1.69 bits per heavy atom. The molecule has 4 saturated carbocycles. The van der Waals surface area contributed by atoms with Crippen LogP contribution >= 0.6 is 0 Å². The third kappa shape index (κ3) is 2.48. The van der Waals surface area contributed by atoms with E-state index in [4.69, 9.17) is 4.74 Å². The van der Waals surface area contributed by atoms with Gasteiger partial charge >= 0.3 is 5.97 Å². The molecule has 0 aromatic rings. The molecule has 11 atom stereocenters. The van der Waals surface area contributed by atoms with E-state index in [-0.39, 0.29) is 39.9 Å². The molecule has 7 rings (SSSR count). The lowest BCUT2D eigenvalue weighted by Gasteiger charge is -2.75. The van der Waals surface area contributed by atoms with Crippen LogP contribution in [-0.2, 0) is 9.53 Å². The first-order valence-corrected chi connectivity index (χ1v) is 14.3. The number of carboxylic acid groups (broad SMARTS) is 1. The quantitative estimate of drug-likeness (QED) is 0.393. The molecule has 2 heterocycles. The highest BCUT2D eigenvalue weighted by molar-refractivity contribution is 5.77. The summed E-state index contributed by atoms with van der Waals surface area (Å²) in [6, 6.07) is 0. The Hall–Kier alpha value is -0.950. The van der Waals surface area contributed by atoms with Crippen molar-refractivity contribution >= 4 is 5.97 Å². The highest BCUT2D eigenvalue weighted by atomic mass is 16.6. The van der Waals surface area contributed by atoms with E-state index < -0.39 is 34.3 Å². The summed E-state index contributed by atoms with van der Waals surface area (Å²) >= 11 is 0. The minimum atomic E-state index is -1.50. The number of aliphatic carboxylic acids is 1. The van der Waals surface area contributed by atoms with Gasteiger partial charge in [0.2, 0.25) is 0 Å². The van der Waals surface area contributed by atoms with E-state index in [2.05, 4.69) is 40.7 Å². The van der Waals surface area contributed by atoms with E-state index in [9.17, 15) is 25.2 Å². The molecule has 2 aliphatic heterocycles. The first kappa shape index (κ1) is 25.3. The van der Waals surface area contributed by atoms with Crippen molar-refractivity contribution in [2.75, 3.05) is 6.61 Å². The number of allylic oxidation sites excluding steroid dienone is 1. The molecule has 5 aliphatic carbocycles. The second-order valence-corrected chi connectivity index (χ2v) is 15.0. The first-order chi connectivity index (χ1) is 16.5. The van der Waals surface area contributed by atoms with Crippen LogP contribution in [0.2, 0.25) is 0 Å². The second kappa shape index (κ2) is 6.97. The molecular weight excluding hydrogens is 456 g/mol. The van der Waals surface area contributed by atoms with Gasteiger partial charge in [0.25, 0.3) is 0 Å². The highest BCUT2D eigenvalue weighted by Crippen LogP contribution is 2.78. The van der Waals surface area contributed by atoms with Crippen molar-refractivity contribution in [3.8, 4) is 0 Å². The molecule has 4 N–H and O–H groups in total. The molecule has 6 heteroatoms. The summed E-state index contributed by atoms with van der Waals surface area (Å²) < 4.78 is 6.16. The molecule has 0 aromatic carbocycles. The van der Waals surface area contributed by atoms with Gasteiger partial charge in [-0.25, -0.2) is 0 Å². The molecule has 1 spiro atoms. The van der Waals surface area contributed by atoms with Crippen molar-refractivity contribution < 1.29 is 30.0 Å². The Balaban J connectivity index is 1.50. The van der Waals surface area contributed by atoms with Crippen molar-refractivity contribution in [2.24, 2.45) is 50.7 Å². The summed E-state index contributed by atoms with van der Waals surface area (Å²) in [5.41, 5.74) is -1.94. The maximum absolute atomic E-state index is 12.9. The van der Waals surface area contributed by atoms with Gasteiger partial charge in [-0.05, 0) is 86.9 Å². The van der Waals surface area contributed by atoms with Gasteiger partial charge in [-0.2, -0.15) is 0 Å². The first-order valence-electron chi connectivity index (χ1n) is 14.3. The van der Waals surface area contributed by atoms with Crippen LogP contribution in [0.25, 0.3) is 0 Å². The number of hydrogen-bond acceptors (Lipinski definition) is 5. The average molecular weight is 503 g/mol. The number of hydrogen-bond donors (Lipinski definition) is 4. The topological polar surface area (TPSA) is 107 Å². The van der Waals surface area contributed by atoms with E-state index in [1.165, 1.54) is 5.57 Å². The fourth-order valence-electron chi connectivity index (χ4n) is 11.4. The van der Waals surface area contributed by atoms with Gasteiger partial charge in [-0.1, -0.05) is 46.3 Å². The van der Waals surface area contributed by atoms with E-state index >= 15 is 0 Å². The summed E-state index contributed by atoms with van der Waals surface area (Å²) in [5, 5.41) is 45.0.